The van der Waals surface area contributed by atoms with Gasteiger partial charge < -0.3 is 26.0 Å². The Labute approximate surface area is 214 Å². The molecule has 4 N–H and O–H groups in total. The molecule has 2 rings (SSSR count). The van der Waals surface area contributed by atoms with Crippen LogP contribution >= 0.6 is 0 Å². The minimum Gasteiger partial charge on any atom is -0.493 e. The van der Waals surface area contributed by atoms with Crippen LogP contribution in [0.15, 0.2) is 24.3 Å². The van der Waals surface area contributed by atoms with Crippen molar-refractivity contribution in [3.05, 3.63) is 29.8 Å². The standard InChI is InChI=1S/C27H42N4O5/c1-4-15-28-26(34)21-13-14-24(32)30-22(18-19(2)3)27(35)29-16-9-5-6-10-17-36-23-12-8-7-11-20(23)25(33)31-21/h7-8,11-12,19,21-22H,4-6,9-10,13-18H2,1-3H3,(H,28,34)(H,29,35)(H,30,32)(H,31,33)/t21-,22-/m0/s1. The lowest BCUT2D eigenvalue weighted by atomic mass is 10.0. The molecule has 0 aromatic heterocycles. The van der Waals surface area contributed by atoms with E-state index in [2.05, 4.69) is 21.3 Å². The molecule has 1 aromatic rings. The van der Waals surface area contributed by atoms with Gasteiger partial charge in [0.15, 0.2) is 0 Å². The van der Waals surface area contributed by atoms with Crippen LogP contribution in [0, 0.1) is 5.92 Å². The molecule has 0 radical (unpaired) electrons. The number of benzene rings is 1. The van der Waals surface area contributed by atoms with Gasteiger partial charge in [-0.2, -0.15) is 0 Å². The summed E-state index contributed by atoms with van der Waals surface area (Å²) in [7, 11) is 0. The third-order valence-electron chi connectivity index (χ3n) is 5.95. The van der Waals surface area contributed by atoms with E-state index < -0.39 is 18.0 Å². The summed E-state index contributed by atoms with van der Waals surface area (Å²) in [5, 5.41) is 11.3. The fourth-order valence-electron chi connectivity index (χ4n) is 4.00. The van der Waals surface area contributed by atoms with Crippen LogP contribution in [0.5, 0.6) is 5.75 Å². The van der Waals surface area contributed by atoms with E-state index in [1.165, 1.54) is 0 Å². The van der Waals surface area contributed by atoms with Gasteiger partial charge in [0.05, 0.1) is 12.2 Å². The highest BCUT2D eigenvalue weighted by Gasteiger charge is 2.26. The van der Waals surface area contributed by atoms with Crippen molar-refractivity contribution < 1.29 is 23.9 Å². The Kier molecular flexibility index (Phi) is 12.8. The number of amides is 4. The number of carbonyl (C=O) groups is 4. The molecule has 200 valence electrons. The molecule has 0 fully saturated rings. The lowest BCUT2D eigenvalue weighted by molar-refractivity contribution is -0.129. The molecule has 0 bridgehead atoms. The second-order valence-electron chi connectivity index (χ2n) is 9.66. The lowest BCUT2D eigenvalue weighted by Crippen LogP contribution is -2.49. The Morgan fingerprint density at radius 1 is 1.08 bits per heavy atom. The smallest absolute Gasteiger partial charge is 0.255 e. The van der Waals surface area contributed by atoms with E-state index in [9.17, 15) is 19.2 Å². The third kappa shape index (κ3) is 10.3. The highest BCUT2D eigenvalue weighted by Crippen LogP contribution is 2.19. The number of hydrogen-bond donors (Lipinski definition) is 4. The van der Waals surface area contributed by atoms with E-state index in [4.69, 9.17) is 4.74 Å². The van der Waals surface area contributed by atoms with E-state index >= 15 is 0 Å². The molecule has 2 atom stereocenters. The predicted octanol–water partition coefficient (Wildman–Crippen LogP) is 2.69. The molecule has 9 heteroatoms. The maximum atomic E-state index is 13.1. The van der Waals surface area contributed by atoms with E-state index in [-0.39, 0.29) is 36.5 Å². The molecule has 0 unspecified atom stereocenters. The zero-order chi connectivity index (χ0) is 26.3. The van der Waals surface area contributed by atoms with Crippen LogP contribution in [0.2, 0.25) is 0 Å². The maximum absolute atomic E-state index is 13.1. The summed E-state index contributed by atoms with van der Waals surface area (Å²) in [6, 6.07) is 5.41. The first-order chi connectivity index (χ1) is 17.3. The minimum atomic E-state index is -0.901. The zero-order valence-electron chi connectivity index (χ0n) is 21.9. The van der Waals surface area contributed by atoms with Crippen molar-refractivity contribution in [2.45, 2.75) is 84.2 Å². The molecule has 9 nitrogen and oxygen atoms in total. The van der Waals surface area contributed by atoms with Gasteiger partial charge in [0.25, 0.3) is 5.91 Å². The Balaban J connectivity index is 2.22. The van der Waals surface area contributed by atoms with Crippen LogP contribution in [0.4, 0.5) is 0 Å². The van der Waals surface area contributed by atoms with Gasteiger partial charge in [-0.05, 0) is 50.2 Å². The number of ether oxygens (including phenoxy) is 1. The molecule has 0 saturated heterocycles. The van der Waals surface area contributed by atoms with Crippen LogP contribution in [-0.2, 0) is 14.4 Å². The van der Waals surface area contributed by atoms with Gasteiger partial charge in [0.2, 0.25) is 17.7 Å². The summed E-state index contributed by atoms with van der Waals surface area (Å²) >= 11 is 0. The first kappa shape index (κ1) is 29.1. The Morgan fingerprint density at radius 2 is 1.83 bits per heavy atom. The molecule has 0 saturated carbocycles. The van der Waals surface area contributed by atoms with E-state index in [1.807, 2.05) is 20.8 Å². The molecule has 1 aromatic carbocycles. The van der Waals surface area contributed by atoms with Gasteiger partial charge in [0.1, 0.15) is 17.8 Å². The number of fused-ring (bicyclic) bond motifs is 1. The summed E-state index contributed by atoms with van der Waals surface area (Å²) in [4.78, 5) is 51.4. The second-order valence-corrected chi connectivity index (χ2v) is 9.66. The topological polar surface area (TPSA) is 126 Å². The van der Waals surface area contributed by atoms with Gasteiger partial charge in [-0.3, -0.25) is 19.2 Å². The Morgan fingerprint density at radius 3 is 2.58 bits per heavy atom. The van der Waals surface area contributed by atoms with Crippen LogP contribution in [-0.4, -0.2) is 55.4 Å². The molecule has 1 heterocycles. The Hall–Kier alpha value is -3.10. The van der Waals surface area contributed by atoms with Crippen LogP contribution < -0.4 is 26.0 Å². The number of nitrogens with one attached hydrogen (secondary N) is 4. The molecule has 1 aliphatic heterocycles. The first-order valence-corrected chi connectivity index (χ1v) is 13.2. The number of hydrogen-bond acceptors (Lipinski definition) is 5. The van der Waals surface area contributed by atoms with E-state index in [0.29, 0.717) is 37.4 Å². The van der Waals surface area contributed by atoms with Crippen molar-refractivity contribution in [3.8, 4) is 5.75 Å². The molecular weight excluding hydrogens is 460 g/mol. The number of para-hydroxylation sites is 1. The quantitative estimate of drug-likeness (QED) is 0.493. The second kappa shape index (κ2) is 15.8. The van der Waals surface area contributed by atoms with Crippen molar-refractivity contribution in [1.29, 1.82) is 0 Å². The highest BCUT2D eigenvalue weighted by atomic mass is 16.5. The fourth-order valence-corrected chi connectivity index (χ4v) is 4.00. The molecule has 1 aliphatic rings. The van der Waals surface area contributed by atoms with Crippen molar-refractivity contribution in [1.82, 2.24) is 21.3 Å². The summed E-state index contributed by atoms with van der Waals surface area (Å²) in [5.41, 5.74) is 0.347. The summed E-state index contributed by atoms with van der Waals surface area (Å²) < 4.78 is 5.87. The van der Waals surface area contributed by atoms with Crippen LogP contribution in [0.3, 0.4) is 0 Å². The molecular formula is C27H42N4O5. The monoisotopic (exact) mass is 502 g/mol. The summed E-state index contributed by atoms with van der Waals surface area (Å²) in [6.45, 7) is 7.41. The average Bonchev–Trinajstić information content (AvgIpc) is 2.85. The van der Waals surface area contributed by atoms with Crippen LogP contribution in [0.25, 0.3) is 0 Å². The van der Waals surface area contributed by atoms with Crippen molar-refractivity contribution >= 4 is 23.6 Å². The van der Waals surface area contributed by atoms with Gasteiger partial charge in [0, 0.05) is 19.5 Å². The normalized spacial score (nSPS) is 20.9. The number of carbonyl (C=O) groups excluding carboxylic acids is 4. The summed E-state index contributed by atoms with van der Waals surface area (Å²) in [5.74, 6) is -0.632. The third-order valence-corrected chi connectivity index (χ3v) is 5.95. The highest BCUT2D eigenvalue weighted by molar-refractivity contribution is 5.99. The van der Waals surface area contributed by atoms with E-state index in [1.54, 1.807) is 24.3 Å². The van der Waals surface area contributed by atoms with Crippen molar-refractivity contribution in [2.75, 3.05) is 19.7 Å². The van der Waals surface area contributed by atoms with Gasteiger partial charge in [-0.15, -0.1) is 0 Å². The molecule has 4 amide bonds. The fraction of sp³-hybridized carbons (Fsp3) is 0.630. The van der Waals surface area contributed by atoms with Crippen LogP contribution in [0.1, 0.15) is 82.5 Å². The number of rotatable bonds is 5. The maximum Gasteiger partial charge on any atom is 0.255 e. The zero-order valence-corrected chi connectivity index (χ0v) is 21.9. The van der Waals surface area contributed by atoms with Crippen molar-refractivity contribution in [2.24, 2.45) is 5.92 Å². The first-order valence-electron chi connectivity index (χ1n) is 13.2. The van der Waals surface area contributed by atoms with Crippen molar-refractivity contribution in [3.63, 3.8) is 0 Å². The largest absolute Gasteiger partial charge is 0.493 e. The SMILES string of the molecule is CCCNC(=O)[C@@H]1CCC(=O)N[C@@H](CC(C)C)C(=O)NCCCCCCOc2ccccc2C(=O)N1. The minimum absolute atomic E-state index is 0.00941. The average molecular weight is 503 g/mol. The summed E-state index contributed by atoms with van der Waals surface area (Å²) in [6.07, 6.45) is 4.87. The molecule has 36 heavy (non-hydrogen) atoms. The molecule has 0 spiro atoms. The Bertz CT molecular complexity index is 873. The van der Waals surface area contributed by atoms with Gasteiger partial charge in [-0.25, -0.2) is 0 Å². The van der Waals surface area contributed by atoms with Gasteiger partial charge in [-0.1, -0.05) is 45.7 Å². The predicted molar refractivity (Wildman–Crippen MR) is 139 cm³/mol. The van der Waals surface area contributed by atoms with E-state index in [0.717, 1.165) is 32.1 Å². The molecule has 0 aliphatic carbocycles. The van der Waals surface area contributed by atoms with Gasteiger partial charge >= 0.3 is 0 Å². The lowest BCUT2D eigenvalue weighted by Gasteiger charge is -2.22.